The van der Waals surface area contributed by atoms with Crippen LogP contribution < -0.4 is 43.4 Å². The zero-order valence-electron chi connectivity index (χ0n) is 30.1. The van der Waals surface area contributed by atoms with Crippen molar-refractivity contribution in [3.05, 3.63) is 59.7 Å². The van der Waals surface area contributed by atoms with Gasteiger partial charge in [-0.25, -0.2) is 9.59 Å². The van der Waals surface area contributed by atoms with E-state index in [0.717, 1.165) is 49.9 Å². The summed E-state index contributed by atoms with van der Waals surface area (Å²) in [6.45, 7) is 7.68. The Labute approximate surface area is 309 Å². The molecule has 0 heterocycles. The van der Waals surface area contributed by atoms with E-state index in [1.165, 1.54) is 9.80 Å². The van der Waals surface area contributed by atoms with Crippen molar-refractivity contribution >= 4 is 23.8 Å². The summed E-state index contributed by atoms with van der Waals surface area (Å²) in [4.78, 5) is 52.9. The highest BCUT2D eigenvalue weighted by atomic mass is 79.9. The lowest BCUT2D eigenvalue weighted by molar-refractivity contribution is -0.913. The Morgan fingerprint density at radius 1 is 0.583 bits per heavy atom. The van der Waals surface area contributed by atoms with Crippen LogP contribution in [0.15, 0.2) is 48.5 Å². The molecule has 0 aromatic heterocycles. The number of hydrogen-bond donors (Lipinski definition) is 0. The first-order chi connectivity index (χ1) is 21.7. The molecule has 0 saturated heterocycles. The number of ketones is 2. The molecule has 0 aliphatic heterocycles. The first-order valence-electron chi connectivity index (χ1n) is 16.4. The molecule has 0 aliphatic rings. The average Bonchev–Trinajstić information content (AvgIpc) is 3.00. The van der Waals surface area contributed by atoms with Crippen molar-refractivity contribution in [1.29, 1.82) is 0 Å². The van der Waals surface area contributed by atoms with Crippen LogP contribution in [0.3, 0.4) is 0 Å². The summed E-state index contributed by atoms with van der Waals surface area (Å²) in [5.74, 6) is 1.48. The summed E-state index contributed by atoms with van der Waals surface area (Å²) in [5, 5.41) is 0. The van der Waals surface area contributed by atoms with Gasteiger partial charge in [0.15, 0.2) is 11.6 Å². The smallest absolute Gasteiger partial charge is 0.414 e. The van der Waals surface area contributed by atoms with E-state index in [1.807, 2.05) is 36.4 Å². The third kappa shape index (κ3) is 15.6. The van der Waals surface area contributed by atoms with Gasteiger partial charge in [0.1, 0.15) is 37.7 Å². The lowest BCUT2D eigenvalue weighted by atomic mass is 10.1. The summed E-state index contributed by atoms with van der Waals surface area (Å²) in [6.07, 6.45) is 3.59. The van der Waals surface area contributed by atoms with E-state index in [4.69, 9.17) is 9.47 Å². The predicted octanol–water partition coefficient (Wildman–Crippen LogP) is -0.0726. The van der Waals surface area contributed by atoms with Gasteiger partial charge >= 0.3 is 12.2 Å². The van der Waals surface area contributed by atoms with Gasteiger partial charge in [0.05, 0.1) is 27.2 Å². The van der Waals surface area contributed by atoms with Crippen LogP contribution in [-0.4, -0.2) is 111 Å². The van der Waals surface area contributed by atoms with Gasteiger partial charge in [0, 0.05) is 52.2 Å². The predicted molar refractivity (Wildman–Crippen MR) is 181 cm³/mol. The summed E-state index contributed by atoms with van der Waals surface area (Å²) in [7, 11) is 10.7. The van der Waals surface area contributed by atoms with Gasteiger partial charge in [0.25, 0.3) is 0 Å². The van der Waals surface area contributed by atoms with Crippen LogP contribution in [0.4, 0.5) is 9.59 Å². The van der Waals surface area contributed by atoms with Crippen molar-refractivity contribution in [2.24, 2.45) is 0 Å². The normalized spacial score (nSPS) is 13.1. The number of benzene rings is 2. The van der Waals surface area contributed by atoms with E-state index >= 15 is 0 Å². The summed E-state index contributed by atoms with van der Waals surface area (Å²) >= 11 is 0. The molecule has 0 spiro atoms. The monoisotopic (exact) mass is 798 g/mol. The average molecular weight is 801 g/mol. The molecule has 270 valence electrons. The third-order valence-corrected chi connectivity index (χ3v) is 8.48. The molecule has 10 nitrogen and oxygen atoms in total. The number of Topliss-reactive ketones (excluding diaryl/α,β-unsaturated/α-hetero) is 2. The standard InChI is InChI=1S/C36H56N4O6.2BrH/c1-9-39(7,25-29-19-15-17-23-33(29)45-35(43)37(3)4)27-31(41)21-13-11-12-14-22-32(42)28-40(8,10-2)26-30-20-16-18-24-34(30)46-36(44)38(5)6;;/h15-20,23-24H,9-14,21-22,25-28H2,1-8H3;2*1H/q+2;;/p-2. The van der Waals surface area contributed by atoms with Crippen molar-refractivity contribution in [1.82, 2.24) is 9.80 Å². The van der Waals surface area contributed by atoms with Crippen LogP contribution in [-0.2, 0) is 22.7 Å². The van der Waals surface area contributed by atoms with E-state index in [9.17, 15) is 19.2 Å². The number of halogens is 2. The van der Waals surface area contributed by atoms with Gasteiger partial charge in [-0.1, -0.05) is 37.1 Å². The van der Waals surface area contributed by atoms with Crippen LogP contribution in [0.1, 0.15) is 63.5 Å². The molecule has 12 heteroatoms. The Morgan fingerprint density at radius 2 is 0.917 bits per heavy atom. The number of likely N-dealkylation sites (N-methyl/N-ethyl adjacent to an activating group) is 2. The van der Waals surface area contributed by atoms with Crippen LogP contribution in [0, 0.1) is 0 Å². The van der Waals surface area contributed by atoms with Crippen molar-refractivity contribution in [2.75, 3.05) is 68.5 Å². The number of unbranched alkanes of at least 4 members (excludes halogenated alkanes) is 3. The van der Waals surface area contributed by atoms with Crippen molar-refractivity contribution in [2.45, 2.75) is 65.5 Å². The number of para-hydroxylation sites is 2. The number of quaternary nitrogens is 2. The lowest BCUT2D eigenvalue weighted by Gasteiger charge is -2.33. The summed E-state index contributed by atoms with van der Waals surface area (Å²) in [5.41, 5.74) is 1.79. The SMILES string of the molecule is CC[N+](C)(CC(=O)CCCCCCC(=O)C[N+](C)(CC)Cc1ccccc1OC(=O)N(C)C)Cc1ccccc1OC(=O)N(C)C.[Br-].[Br-]. The molecule has 0 N–H and O–H groups in total. The maximum Gasteiger partial charge on any atom is 0.414 e. The number of nitrogens with zero attached hydrogens (tertiary/aromatic N) is 4. The molecule has 2 unspecified atom stereocenters. The van der Waals surface area contributed by atoms with E-state index in [-0.39, 0.29) is 45.5 Å². The fraction of sp³-hybridized carbons (Fsp3) is 0.556. The van der Waals surface area contributed by atoms with E-state index in [0.29, 0.717) is 59.5 Å². The fourth-order valence-electron chi connectivity index (χ4n) is 5.23. The van der Waals surface area contributed by atoms with Crippen LogP contribution in [0.5, 0.6) is 11.5 Å². The maximum absolute atomic E-state index is 13.0. The number of rotatable bonds is 19. The first-order valence-corrected chi connectivity index (χ1v) is 16.4. The van der Waals surface area contributed by atoms with Gasteiger partial charge in [0.2, 0.25) is 0 Å². The second kappa shape index (κ2) is 22.0. The topological polar surface area (TPSA) is 93.2 Å². The minimum atomic E-state index is -0.430. The zero-order valence-corrected chi connectivity index (χ0v) is 33.3. The number of hydrogen-bond acceptors (Lipinski definition) is 6. The molecule has 2 aromatic carbocycles. The Balaban J connectivity index is 0.0000110. The van der Waals surface area contributed by atoms with Gasteiger partial charge in [-0.3, -0.25) is 9.59 Å². The lowest BCUT2D eigenvalue weighted by Crippen LogP contribution is -3.00. The van der Waals surface area contributed by atoms with E-state index in [2.05, 4.69) is 27.9 Å². The van der Waals surface area contributed by atoms with Crippen LogP contribution in [0.25, 0.3) is 0 Å². The summed E-state index contributed by atoms with van der Waals surface area (Å²) in [6, 6.07) is 15.0. The first kappa shape index (κ1) is 45.2. The highest BCUT2D eigenvalue weighted by Crippen LogP contribution is 2.25. The van der Waals surface area contributed by atoms with Gasteiger partial charge in [-0.05, 0) is 51.0 Å². The highest BCUT2D eigenvalue weighted by Gasteiger charge is 2.27. The number of carbonyl (C=O) groups excluding carboxylic acids is 4. The zero-order chi connectivity index (χ0) is 34.3. The molecular formula is C36H56Br2N4O6. The number of carbonyl (C=O) groups is 4. The second-order valence-electron chi connectivity index (χ2n) is 13.2. The van der Waals surface area contributed by atoms with E-state index < -0.39 is 12.2 Å². The Bertz CT molecular complexity index is 1230. The molecule has 0 radical (unpaired) electrons. The molecule has 0 saturated carbocycles. The molecule has 2 aromatic rings. The largest absolute Gasteiger partial charge is 1.00 e. The molecule has 2 rings (SSSR count). The van der Waals surface area contributed by atoms with Crippen LogP contribution >= 0.6 is 0 Å². The molecule has 0 aliphatic carbocycles. The quantitative estimate of drug-likeness (QED) is 0.146. The van der Waals surface area contributed by atoms with Crippen LogP contribution in [0.2, 0.25) is 0 Å². The fourth-order valence-corrected chi connectivity index (χ4v) is 5.23. The Hall–Kier alpha value is -2.80. The Kier molecular flexibility index (Phi) is 20.7. The van der Waals surface area contributed by atoms with Gasteiger partial charge in [-0.15, -0.1) is 0 Å². The molecule has 2 atom stereocenters. The number of ether oxygens (including phenoxy) is 2. The second-order valence-corrected chi connectivity index (χ2v) is 13.2. The molecule has 48 heavy (non-hydrogen) atoms. The summed E-state index contributed by atoms with van der Waals surface area (Å²) < 4.78 is 12.2. The highest BCUT2D eigenvalue weighted by molar-refractivity contribution is 5.80. The minimum absolute atomic E-state index is 0. The van der Waals surface area contributed by atoms with Crippen molar-refractivity contribution in [3.8, 4) is 11.5 Å². The minimum Gasteiger partial charge on any atom is -1.00 e. The Morgan fingerprint density at radius 3 is 1.23 bits per heavy atom. The third-order valence-electron chi connectivity index (χ3n) is 8.48. The van der Waals surface area contributed by atoms with Crippen molar-refractivity contribution in [3.63, 3.8) is 0 Å². The van der Waals surface area contributed by atoms with E-state index in [1.54, 1.807) is 40.3 Å². The molecule has 2 amide bonds. The molecule has 0 bridgehead atoms. The number of amides is 2. The van der Waals surface area contributed by atoms with Gasteiger partial charge < -0.3 is 62.2 Å². The maximum atomic E-state index is 13.0. The molecule has 0 fully saturated rings. The van der Waals surface area contributed by atoms with Gasteiger partial charge in [-0.2, -0.15) is 0 Å². The van der Waals surface area contributed by atoms with Crippen molar-refractivity contribution < 1.29 is 71.6 Å². The molecular weight excluding hydrogens is 744 g/mol.